The van der Waals surface area contributed by atoms with Gasteiger partial charge in [0.2, 0.25) is 0 Å². The second-order valence-corrected chi connectivity index (χ2v) is 6.56. The number of hydrogen-bond donors (Lipinski definition) is 3. The summed E-state index contributed by atoms with van der Waals surface area (Å²) in [5, 5.41) is 22.7. The summed E-state index contributed by atoms with van der Waals surface area (Å²) in [4.78, 5) is 12.6. The Labute approximate surface area is 166 Å². The van der Waals surface area contributed by atoms with E-state index in [0.717, 1.165) is 17.7 Å². The second-order valence-electron chi connectivity index (χ2n) is 6.56. The first-order valence-corrected chi connectivity index (χ1v) is 8.86. The maximum atomic E-state index is 14.0. The molecule has 148 valence electrons. The molecule has 0 fully saturated rings. The minimum atomic E-state index is -0.777. The number of benzene rings is 3. The fourth-order valence-electron chi connectivity index (χ4n) is 2.95. The van der Waals surface area contributed by atoms with E-state index in [1.165, 1.54) is 24.3 Å². The molecule has 0 radical (unpaired) electrons. The molecule has 4 nitrogen and oxygen atoms in total. The summed E-state index contributed by atoms with van der Waals surface area (Å²) < 4.78 is 27.0. The summed E-state index contributed by atoms with van der Waals surface area (Å²) >= 11 is 0. The molecule has 0 saturated carbocycles. The van der Waals surface area contributed by atoms with Crippen LogP contribution in [0.1, 0.15) is 15.9 Å². The smallest absolute Gasteiger partial charge is 0.255 e. The van der Waals surface area contributed by atoms with Gasteiger partial charge in [-0.2, -0.15) is 0 Å². The van der Waals surface area contributed by atoms with E-state index in [4.69, 9.17) is 0 Å². The Bertz CT molecular complexity index is 1050. The van der Waals surface area contributed by atoms with Crippen molar-refractivity contribution in [1.29, 1.82) is 0 Å². The molecule has 0 aliphatic heterocycles. The SMILES string of the molecule is C=C(O)C(Cc1ccccc1)NC(=O)c1ccc(-c2ccc(F)cc2F)cc1O. The Morgan fingerprint density at radius 3 is 2.38 bits per heavy atom. The van der Waals surface area contributed by atoms with Crippen LogP contribution in [0, 0.1) is 11.6 Å². The van der Waals surface area contributed by atoms with Crippen LogP contribution in [0.15, 0.2) is 79.1 Å². The first kappa shape index (κ1) is 20.1. The lowest BCUT2D eigenvalue weighted by molar-refractivity contribution is 0.0931. The highest BCUT2D eigenvalue weighted by atomic mass is 19.1. The molecule has 3 N–H and O–H groups in total. The molecule has 6 heteroatoms. The third-order valence-electron chi connectivity index (χ3n) is 4.47. The number of phenols is 1. The summed E-state index contributed by atoms with van der Waals surface area (Å²) in [6.07, 6.45) is 0.321. The monoisotopic (exact) mass is 395 g/mol. The fraction of sp³-hybridized carbons (Fsp3) is 0.0870. The van der Waals surface area contributed by atoms with Crippen molar-refractivity contribution in [2.24, 2.45) is 0 Å². The van der Waals surface area contributed by atoms with Crippen molar-refractivity contribution in [3.63, 3.8) is 0 Å². The molecule has 0 spiro atoms. The van der Waals surface area contributed by atoms with Gasteiger partial charge in [0.05, 0.1) is 11.6 Å². The Kier molecular flexibility index (Phi) is 5.93. The molecule has 0 aliphatic rings. The zero-order valence-electron chi connectivity index (χ0n) is 15.4. The van der Waals surface area contributed by atoms with E-state index in [-0.39, 0.29) is 22.6 Å². The van der Waals surface area contributed by atoms with Crippen molar-refractivity contribution in [1.82, 2.24) is 5.32 Å². The fourth-order valence-corrected chi connectivity index (χ4v) is 2.95. The van der Waals surface area contributed by atoms with Crippen LogP contribution in [0.25, 0.3) is 11.1 Å². The number of aromatic hydroxyl groups is 1. The van der Waals surface area contributed by atoms with Crippen LogP contribution in [-0.2, 0) is 6.42 Å². The van der Waals surface area contributed by atoms with Crippen LogP contribution in [0.3, 0.4) is 0 Å². The van der Waals surface area contributed by atoms with E-state index in [2.05, 4.69) is 11.9 Å². The van der Waals surface area contributed by atoms with Crippen molar-refractivity contribution in [2.75, 3.05) is 0 Å². The Hall–Kier alpha value is -3.67. The Balaban J connectivity index is 1.80. The number of aliphatic hydroxyl groups is 1. The molecule has 0 heterocycles. The number of phenolic OH excluding ortho intramolecular Hbond substituents is 1. The van der Waals surface area contributed by atoms with Gasteiger partial charge in [0.25, 0.3) is 5.91 Å². The molecule has 0 bridgehead atoms. The van der Waals surface area contributed by atoms with E-state index < -0.39 is 23.6 Å². The number of halogens is 2. The predicted molar refractivity (Wildman–Crippen MR) is 107 cm³/mol. The van der Waals surface area contributed by atoms with Gasteiger partial charge in [0.1, 0.15) is 23.1 Å². The summed E-state index contributed by atoms with van der Waals surface area (Å²) in [7, 11) is 0. The number of nitrogens with one attached hydrogen (secondary N) is 1. The topological polar surface area (TPSA) is 69.6 Å². The molecule has 1 atom stereocenters. The van der Waals surface area contributed by atoms with Crippen LogP contribution in [0.5, 0.6) is 5.75 Å². The van der Waals surface area contributed by atoms with Crippen LogP contribution < -0.4 is 5.32 Å². The third kappa shape index (κ3) is 4.79. The van der Waals surface area contributed by atoms with Gasteiger partial charge in [-0.1, -0.05) is 43.0 Å². The molecule has 3 rings (SSSR count). The van der Waals surface area contributed by atoms with Gasteiger partial charge in [0.15, 0.2) is 0 Å². The van der Waals surface area contributed by atoms with Crippen LogP contribution >= 0.6 is 0 Å². The van der Waals surface area contributed by atoms with Crippen molar-refractivity contribution in [3.8, 4) is 16.9 Å². The predicted octanol–water partition coefficient (Wildman–Crippen LogP) is 4.75. The molecule has 1 unspecified atom stereocenters. The van der Waals surface area contributed by atoms with E-state index in [1.54, 1.807) is 0 Å². The average Bonchev–Trinajstić information content (AvgIpc) is 2.68. The van der Waals surface area contributed by atoms with Gasteiger partial charge in [-0.3, -0.25) is 4.79 Å². The zero-order chi connectivity index (χ0) is 21.0. The molecule has 3 aromatic carbocycles. The van der Waals surface area contributed by atoms with Gasteiger partial charge >= 0.3 is 0 Å². The Morgan fingerprint density at radius 1 is 1.03 bits per heavy atom. The zero-order valence-corrected chi connectivity index (χ0v) is 15.4. The first-order valence-electron chi connectivity index (χ1n) is 8.86. The second kappa shape index (κ2) is 8.56. The van der Waals surface area contributed by atoms with E-state index >= 15 is 0 Å². The van der Waals surface area contributed by atoms with Crippen molar-refractivity contribution in [3.05, 3.63) is 102 Å². The van der Waals surface area contributed by atoms with Crippen molar-refractivity contribution < 1.29 is 23.8 Å². The lowest BCUT2D eigenvalue weighted by Gasteiger charge is -2.18. The Morgan fingerprint density at radius 2 is 1.76 bits per heavy atom. The number of carbonyl (C=O) groups excluding carboxylic acids is 1. The normalized spacial score (nSPS) is 11.7. The largest absolute Gasteiger partial charge is 0.511 e. The van der Waals surface area contributed by atoms with Crippen LogP contribution in [0.2, 0.25) is 0 Å². The molecular weight excluding hydrogens is 376 g/mol. The number of amides is 1. The van der Waals surface area contributed by atoms with Gasteiger partial charge in [-0.25, -0.2) is 8.78 Å². The van der Waals surface area contributed by atoms with E-state index in [9.17, 15) is 23.8 Å². The van der Waals surface area contributed by atoms with Gasteiger partial charge in [-0.05, 0) is 41.8 Å². The molecule has 3 aromatic rings. The van der Waals surface area contributed by atoms with Gasteiger partial charge in [0, 0.05) is 11.6 Å². The number of rotatable bonds is 6. The molecule has 0 saturated heterocycles. The molecule has 1 amide bonds. The molecule has 0 aliphatic carbocycles. The number of hydrogen-bond acceptors (Lipinski definition) is 3. The lowest BCUT2D eigenvalue weighted by atomic mass is 10.0. The summed E-state index contributed by atoms with van der Waals surface area (Å²) in [5.41, 5.74) is 1.23. The number of aliphatic hydroxyl groups excluding tert-OH is 1. The van der Waals surface area contributed by atoms with Gasteiger partial charge < -0.3 is 15.5 Å². The molecule has 0 aromatic heterocycles. The highest BCUT2D eigenvalue weighted by molar-refractivity contribution is 5.97. The maximum absolute atomic E-state index is 14.0. The average molecular weight is 395 g/mol. The minimum Gasteiger partial charge on any atom is -0.511 e. The highest BCUT2D eigenvalue weighted by Gasteiger charge is 2.20. The lowest BCUT2D eigenvalue weighted by Crippen LogP contribution is -2.37. The number of carbonyl (C=O) groups is 1. The third-order valence-corrected chi connectivity index (χ3v) is 4.47. The highest BCUT2D eigenvalue weighted by Crippen LogP contribution is 2.29. The standard InChI is InChI=1S/C23H19F2NO3/c1-14(27)21(11-15-5-3-2-4-6-15)26-23(29)19-9-7-16(12-22(19)28)18-10-8-17(24)13-20(18)25/h2-10,12-13,21,27-28H,1,11H2,(H,26,29). The molecule has 29 heavy (non-hydrogen) atoms. The molecular formula is C23H19F2NO3. The van der Waals surface area contributed by atoms with Gasteiger partial charge in [-0.15, -0.1) is 0 Å². The minimum absolute atomic E-state index is 0.0458. The first-order chi connectivity index (χ1) is 13.8. The summed E-state index contributed by atoms with van der Waals surface area (Å²) in [5.74, 6) is -2.69. The summed E-state index contributed by atoms with van der Waals surface area (Å²) in [6, 6.07) is 15.6. The van der Waals surface area contributed by atoms with E-state index in [0.29, 0.717) is 12.0 Å². The van der Waals surface area contributed by atoms with Crippen molar-refractivity contribution in [2.45, 2.75) is 12.5 Å². The van der Waals surface area contributed by atoms with Crippen LogP contribution in [0.4, 0.5) is 8.78 Å². The maximum Gasteiger partial charge on any atom is 0.255 e. The quantitative estimate of drug-likeness (QED) is 0.528. The van der Waals surface area contributed by atoms with E-state index in [1.807, 2.05) is 30.3 Å². The van der Waals surface area contributed by atoms with Crippen molar-refractivity contribution >= 4 is 5.91 Å². The van der Waals surface area contributed by atoms with Crippen LogP contribution in [-0.4, -0.2) is 22.2 Å². The summed E-state index contributed by atoms with van der Waals surface area (Å²) in [6.45, 7) is 3.50.